The Balaban J connectivity index is 2.82. The molecule has 0 aliphatic rings. The summed E-state index contributed by atoms with van der Waals surface area (Å²) in [5.74, 6) is 0.627. The van der Waals surface area contributed by atoms with Gasteiger partial charge in [-0.15, -0.1) is 0 Å². The summed E-state index contributed by atoms with van der Waals surface area (Å²) in [5, 5.41) is 18.3. The highest BCUT2D eigenvalue weighted by molar-refractivity contribution is 7.85. The molecule has 30 heavy (non-hydrogen) atoms. The SMILES string of the molecule is CCN(CC)CCN(C#N)C(=N)N(CCN(CC)CC)CCS(=O)c1ccccc1. The first kappa shape index (κ1) is 26.1. The fourth-order valence-electron chi connectivity index (χ4n) is 3.16. The first-order chi connectivity index (χ1) is 14.5. The third-order valence-electron chi connectivity index (χ3n) is 5.34. The van der Waals surface area contributed by atoms with Crippen LogP contribution in [0.4, 0.5) is 0 Å². The van der Waals surface area contributed by atoms with Gasteiger partial charge in [0.15, 0.2) is 6.19 Å². The van der Waals surface area contributed by atoms with Gasteiger partial charge in [0.25, 0.3) is 0 Å². The van der Waals surface area contributed by atoms with Crippen molar-refractivity contribution in [2.24, 2.45) is 0 Å². The second-order valence-corrected chi connectivity index (χ2v) is 8.55. The highest BCUT2D eigenvalue weighted by Crippen LogP contribution is 2.07. The third-order valence-corrected chi connectivity index (χ3v) is 6.69. The Kier molecular flexibility index (Phi) is 13.0. The lowest BCUT2D eigenvalue weighted by molar-refractivity contribution is 0.251. The normalized spacial score (nSPS) is 12.0. The molecule has 1 aromatic carbocycles. The van der Waals surface area contributed by atoms with E-state index < -0.39 is 10.8 Å². The van der Waals surface area contributed by atoms with Crippen LogP contribution in [0.25, 0.3) is 0 Å². The van der Waals surface area contributed by atoms with Gasteiger partial charge in [-0.2, -0.15) is 5.26 Å². The lowest BCUT2D eigenvalue weighted by atomic mass is 10.4. The van der Waals surface area contributed by atoms with Crippen molar-refractivity contribution in [3.63, 3.8) is 0 Å². The van der Waals surface area contributed by atoms with Crippen molar-refractivity contribution in [3.05, 3.63) is 30.3 Å². The number of nitrogens with zero attached hydrogens (tertiary/aromatic N) is 5. The molecule has 0 fully saturated rings. The standard InChI is InChI=1S/C22H38N6OS/c1-5-25(6-2)14-16-27(18-19-30(29)21-12-10-9-11-13-21)22(24)28(20-23)17-15-26(7-3)8-4/h9-13,24H,5-8,14-19H2,1-4H3. The molecule has 1 N–H and O–H groups in total. The van der Waals surface area contributed by atoms with Crippen molar-refractivity contribution in [1.82, 2.24) is 19.6 Å². The van der Waals surface area contributed by atoms with Crippen LogP contribution in [-0.4, -0.2) is 94.4 Å². The lowest BCUT2D eigenvalue weighted by Crippen LogP contribution is -2.48. The molecule has 168 valence electrons. The first-order valence-electron chi connectivity index (χ1n) is 10.9. The van der Waals surface area contributed by atoms with E-state index in [1.807, 2.05) is 35.2 Å². The molecule has 8 heteroatoms. The number of nitrogens with one attached hydrogen (secondary N) is 1. The van der Waals surface area contributed by atoms with E-state index in [1.165, 1.54) is 4.90 Å². The molecule has 1 aromatic rings. The molecule has 0 radical (unpaired) electrons. The highest BCUT2D eigenvalue weighted by Gasteiger charge is 2.19. The zero-order chi connectivity index (χ0) is 22.4. The number of guanidine groups is 1. The third kappa shape index (κ3) is 8.82. The molecule has 0 aliphatic carbocycles. The van der Waals surface area contributed by atoms with Gasteiger partial charge in [-0.3, -0.25) is 9.62 Å². The van der Waals surface area contributed by atoms with Crippen LogP contribution < -0.4 is 0 Å². The Morgan fingerprint density at radius 2 is 1.43 bits per heavy atom. The van der Waals surface area contributed by atoms with Crippen LogP contribution in [0.5, 0.6) is 0 Å². The summed E-state index contributed by atoms with van der Waals surface area (Å²) >= 11 is 0. The van der Waals surface area contributed by atoms with E-state index in [1.54, 1.807) is 0 Å². The van der Waals surface area contributed by atoms with E-state index in [0.717, 1.165) is 44.2 Å². The maximum atomic E-state index is 12.7. The lowest BCUT2D eigenvalue weighted by Gasteiger charge is -2.32. The second kappa shape index (κ2) is 14.9. The molecule has 0 spiro atoms. The van der Waals surface area contributed by atoms with Gasteiger partial charge in [0, 0.05) is 43.4 Å². The topological polar surface area (TPSA) is 77.7 Å². The van der Waals surface area contributed by atoms with E-state index in [4.69, 9.17) is 5.41 Å². The van der Waals surface area contributed by atoms with Crippen molar-refractivity contribution in [3.8, 4) is 6.19 Å². The van der Waals surface area contributed by atoms with Gasteiger partial charge < -0.3 is 14.7 Å². The van der Waals surface area contributed by atoms with Gasteiger partial charge in [0.2, 0.25) is 5.96 Å². The largest absolute Gasteiger partial charge is 0.340 e. The Labute approximate surface area is 185 Å². The molecule has 7 nitrogen and oxygen atoms in total. The van der Waals surface area contributed by atoms with Crippen LogP contribution in [0, 0.1) is 16.9 Å². The Morgan fingerprint density at radius 3 is 1.93 bits per heavy atom. The minimum Gasteiger partial charge on any atom is -0.340 e. The predicted octanol–water partition coefficient (Wildman–Crippen LogP) is 2.50. The Bertz CT molecular complexity index is 670. The fraction of sp³-hybridized carbons (Fsp3) is 0.636. The maximum absolute atomic E-state index is 12.7. The summed E-state index contributed by atoms with van der Waals surface area (Å²) in [4.78, 5) is 8.67. The molecule has 0 aliphatic heterocycles. The van der Waals surface area contributed by atoms with Crippen LogP contribution in [-0.2, 0) is 10.8 Å². The molecular formula is C22H38N6OS. The number of hydrogen-bond donors (Lipinski definition) is 1. The highest BCUT2D eigenvalue weighted by atomic mass is 32.2. The van der Waals surface area contributed by atoms with Crippen molar-refractivity contribution in [1.29, 1.82) is 10.7 Å². The summed E-state index contributed by atoms with van der Waals surface area (Å²) in [5.41, 5.74) is 0. The number of likely N-dealkylation sites (N-methyl/N-ethyl adjacent to an activating group) is 2. The summed E-state index contributed by atoms with van der Waals surface area (Å²) in [7, 11) is -1.13. The Morgan fingerprint density at radius 1 is 0.900 bits per heavy atom. The van der Waals surface area contributed by atoms with Crippen LogP contribution in [0.3, 0.4) is 0 Å². The van der Waals surface area contributed by atoms with Gasteiger partial charge in [-0.25, -0.2) is 4.90 Å². The van der Waals surface area contributed by atoms with Gasteiger partial charge in [-0.05, 0) is 38.3 Å². The average molecular weight is 435 g/mol. The number of nitriles is 1. The van der Waals surface area contributed by atoms with E-state index in [-0.39, 0.29) is 5.96 Å². The summed E-state index contributed by atoms with van der Waals surface area (Å²) in [6.07, 6.45) is 2.17. The van der Waals surface area contributed by atoms with Crippen molar-refractivity contribution in [2.45, 2.75) is 32.6 Å². The summed E-state index contributed by atoms with van der Waals surface area (Å²) in [6.45, 7) is 15.3. The van der Waals surface area contributed by atoms with E-state index in [2.05, 4.69) is 43.7 Å². The van der Waals surface area contributed by atoms with Crippen LogP contribution in [0.1, 0.15) is 27.7 Å². The summed E-state index contributed by atoms with van der Waals surface area (Å²) in [6, 6.07) is 9.42. The molecule has 1 rings (SSSR count). The minimum absolute atomic E-state index is 0.196. The van der Waals surface area contributed by atoms with Crippen molar-refractivity contribution < 1.29 is 4.21 Å². The van der Waals surface area contributed by atoms with Crippen molar-refractivity contribution in [2.75, 3.05) is 64.7 Å². The maximum Gasteiger partial charge on any atom is 0.207 e. The van der Waals surface area contributed by atoms with Crippen LogP contribution >= 0.6 is 0 Å². The molecule has 0 saturated heterocycles. The predicted molar refractivity (Wildman–Crippen MR) is 125 cm³/mol. The molecule has 1 unspecified atom stereocenters. The quantitative estimate of drug-likeness (QED) is 0.210. The van der Waals surface area contributed by atoms with Gasteiger partial charge >= 0.3 is 0 Å². The smallest absolute Gasteiger partial charge is 0.207 e. The summed E-state index contributed by atoms with van der Waals surface area (Å²) < 4.78 is 12.7. The van der Waals surface area contributed by atoms with Gasteiger partial charge in [-0.1, -0.05) is 45.9 Å². The number of rotatable bonds is 14. The first-order valence-corrected chi connectivity index (χ1v) is 12.2. The Hall–Kier alpha value is -1.95. The molecular weight excluding hydrogens is 396 g/mol. The zero-order valence-electron chi connectivity index (χ0n) is 19.0. The molecule has 0 aromatic heterocycles. The van der Waals surface area contributed by atoms with Gasteiger partial charge in [0.1, 0.15) is 0 Å². The van der Waals surface area contributed by atoms with Crippen LogP contribution in [0.15, 0.2) is 35.2 Å². The molecule has 0 bridgehead atoms. The van der Waals surface area contributed by atoms with E-state index in [9.17, 15) is 9.47 Å². The monoisotopic (exact) mass is 434 g/mol. The van der Waals surface area contributed by atoms with E-state index in [0.29, 0.717) is 25.4 Å². The average Bonchev–Trinajstić information content (AvgIpc) is 2.79. The van der Waals surface area contributed by atoms with Gasteiger partial charge in [0.05, 0.1) is 10.8 Å². The molecule has 0 heterocycles. The van der Waals surface area contributed by atoms with E-state index >= 15 is 0 Å². The second-order valence-electron chi connectivity index (χ2n) is 6.98. The van der Waals surface area contributed by atoms with Crippen molar-refractivity contribution >= 4 is 16.8 Å². The van der Waals surface area contributed by atoms with Crippen LogP contribution in [0.2, 0.25) is 0 Å². The zero-order valence-corrected chi connectivity index (χ0v) is 19.8. The fourth-order valence-corrected chi connectivity index (χ4v) is 4.25. The molecule has 0 saturated carbocycles. The number of hydrogen-bond acceptors (Lipinski definition) is 5. The molecule has 0 amide bonds. The minimum atomic E-state index is -1.13. The molecule has 1 atom stereocenters. The number of benzene rings is 1.